The molecule has 0 saturated heterocycles. The van der Waals surface area contributed by atoms with E-state index in [1.54, 1.807) is 4.68 Å². The average Bonchev–Trinajstić information content (AvgIpc) is 2.92. The van der Waals surface area contributed by atoms with Crippen molar-refractivity contribution in [2.75, 3.05) is 6.61 Å². The smallest absolute Gasteiger partial charge is 0.0627 e. The summed E-state index contributed by atoms with van der Waals surface area (Å²) in [6, 6.07) is 0.486. The van der Waals surface area contributed by atoms with E-state index in [1.807, 2.05) is 19.4 Å². The predicted octanol–water partition coefficient (Wildman–Crippen LogP) is 2.26. The van der Waals surface area contributed by atoms with Crippen molar-refractivity contribution >= 4 is 0 Å². The quantitative estimate of drug-likeness (QED) is 0.868. The fraction of sp³-hybridized carbons (Fsp3) is 0.812. The van der Waals surface area contributed by atoms with E-state index >= 15 is 0 Å². The molecule has 112 valence electrons. The largest absolute Gasteiger partial charge is 0.394 e. The van der Waals surface area contributed by atoms with Crippen LogP contribution in [0.3, 0.4) is 0 Å². The van der Waals surface area contributed by atoms with Crippen LogP contribution in [0.15, 0.2) is 12.4 Å². The first-order valence-electron chi connectivity index (χ1n) is 8.02. The van der Waals surface area contributed by atoms with Crippen molar-refractivity contribution in [2.45, 2.75) is 51.1 Å². The number of hydrogen-bond acceptors (Lipinski definition) is 3. The van der Waals surface area contributed by atoms with Crippen LogP contribution in [-0.4, -0.2) is 27.5 Å². The number of aromatic nitrogens is 2. The van der Waals surface area contributed by atoms with Crippen molar-refractivity contribution in [1.82, 2.24) is 15.1 Å². The van der Waals surface area contributed by atoms with Gasteiger partial charge in [0.25, 0.3) is 0 Å². The minimum Gasteiger partial charge on any atom is -0.394 e. The van der Waals surface area contributed by atoms with Crippen LogP contribution in [0.5, 0.6) is 0 Å². The lowest BCUT2D eigenvalue weighted by molar-refractivity contribution is 0.0682. The van der Waals surface area contributed by atoms with E-state index in [0.29, 0.717) is 6.04 Å². The second kappa shape index (κ2) is 5.86. The van der Waals surface area contributed by atoms with Crippen molar-refractivity contribution in [3.05, 3.63) is 18.0 Å². The van der Waals surface area contributed by atoms with Crippen molar-refractivity contribution in [3.63, 3.8) is 0 Å². The molecule has 0 aliphatic heterocycles. The Morgan fingerprint density at radius 3 is 2.65 bits per heavy atom. The highest BCUT2D eigenvalue weighted by Crippen LogP contribution is 2.46. The zero-order valence-electron chi connectivity index (χ0n) is 12.6. The third-order valence-electron chi connectivity index (χ3n) is 5.52. The van der Waals surface area contributed by atoms with E-state index in [2.05, 4.69) is 17.3 Å². The van der Waals surface area contributed by atoms with Crippen LogP contribution in [0, 0.1) is 17.8 Å². The van der Waals surface area contributed by atoms with Gasteiger partial charge in [-0.2, -0.15) is 5.10 Å². The molecule has 4 heteroatoms. The molecule has 3 unspecified atom stereocenters. The first-order chi connectivity index (χ1) is 9.67. The fourth-order valence-electron chi connectivity index (χ4n) is 4.36. The highest BCUT2D eigenvalue weighted by atomic mass is 16.3. The van der Waals surface area contributed by atoms with Crippen LogP contribution in [0.1, 0.15) is 50.6 Å². The molecule has 3 fully saturated rings. The third-order valence-corrected chi connectivity index (χ3v) is 5.52. The van der Waals surface area contributed by atoms with Gasteiger partial charge in [-0.25, -0.2) is 0 Å². The Morgan fingerprint density at radius 2 is 2.15 bits per heavy atom. The number of aliphatic hydroxyl groups excluding tert-OH is 1. The zero-order chi connectivity index (χ0) is 14.1. The summed E-state index contributed by atoms with van der Waals surface area (Å²) in [5, 5.41) is 17.5. The number of aliphatic hydroxyl groups is 1. The van der Waals surface area contributed by atoms with Crippen LogP contribution >= 0.6 is 0 Å². The van der Waals surface area contributed by atoms with Gasteiger partial charge in [-0.05, 0) is 43.9 Å². The van der Waals surface area contributed by atoms with E-state index in [1.165, 1.54) is 32.1 Å². The van der Waals surface area contributed by atoms with Crippen LogP contribution in [0.25, 0.3) is 0 Å². The van der Waals surface area contributed by atoms with Crippen LogP contribution in [0.4, 0.5) is 0 Å². The molecule has 1 heterocycles. The van der Waals surface area contributed by atoms with E-state index in [9.17, 15) is 5.11 Å². The molecule has 0 radical (unpaired) electrons. The predicted molar refractivity (Wildman–Crippen MR) is 79.2 cm³/mol. The molecule has 4 nitrogen and oxygen atoms in total. The average molecular weight is 277 g/mol. The van der Waals surface area contributed by atoms with Crippen molar-refractivity contribution in [1.29, 1.82) is 0 Å². The number of rotatable bonds is 5. The van der Waals surface area contributed by atoms with Gasteiger partial charge in [0.1, 0.15) is 0 Å². The summed E-state index contributed by atoms with van der Waals surface area (Å²) >= 11 is 0. The molecule has 3 aliphatic carbocycles. The molecular weight excluding hydrogens is 250 g/mol. The number of nitrogens with one attached hydrogen (secondary N) is 1. The van der Waals surface area contributed by atoms with Gasteiger partial charge in [-0.1, -0.05) is 12.8 Å². The molecule has 0 aromatic carbocycles. The Balaban J connectivity index is 1.63. The Kier molecular flexibility index (Phi) is 4.13. The first-order valence-corrected chi connectivity index (χ1v) is 8.02. The lowest BCUT2D eigenvalue weighted by atomic mass is 9.63. The van der Waals surface area contributed by atoms with Gasteiger partial charge in [-0.15, -0.1) is 0 Å². The molecule has 1 aromatic rings. The highest BCUT2D eigenvalue weighted by Gasteiger charge is 2.38. The van der Waals surface area contributed by atoms with Gasteiger partial charge >= 0.3 is 0 Å². The highest BCUT2D eigenvalue weighted by molar-refractivity contribution is 5.11. The fourth-order valence-corrected chi connectivity index (χ4v) is 4.36. The lowest BCUT2D eigenvalue weighted by Gasteiger charge is -2.45. The summed E-state index contributed by atoms with van der Waals surface area (Å²) < 4.78 is 1.80. The minimum absolute atomic E-state index is 0.0131. The molecule has 3 atom stereocenters. The minimum atomic E-state index is 0.0131. The van der Waals surface area contributed by atoms with Gasteiger partial charge in [-0.3, -0.25) is 4.68 Å². The maximum Gasteiger partial charge on any atom is 0.0627 e. The number of nitrogens with zero attached hydrogens (tertiary/aromatic N) is 2. The lowest BCUT2D eigenvalue weighted by Crippen LogP contribution is -2.45. The SMILES string of the molecule is CC(NC(CO)c1cnn(C)c1)C1CC2CCC1CC2. The number of hydrogen-bond donors (Lipinski definition) is 2. The topological polar surface area (TPSA) is 50.1 Å². The van der Waals surface area contributed by atoms with Gasteiger partial charge in [0.05, 0.1) is 18.8 Å². The van der Waals surface area contributed by atoms with Crippen LogP contribution < -0.4 is 5.32 Å². The second-order valence-electron chi connectivity index (χ2n) is 6.82. The zero-order valence-corrected chi connectivity index (χ0v) is 12.6. The molecule has 0 amide bonds. The van der Waals surface area contributed by atoms with Gasteiger partial charge in [0, 0.05) is 24.8 Å². The Morgan fingerprint density at radius 1 is 1.40 bits per heavy atom. The van der Waals surface area contributed by atoms with Gasteiger partial charge < -0.3 is 10.4 Å². The van der Waals surface area contributed by atoms with E-state index < -0.39 is 0 Å². The molecule has 20 heavy (non-hydrogen) atoms. The summed E-state index contributed by atoms with van der Waals surface area (Å²) in [5.74, 6) is 2.64. The molecule has 3 saturated carbocycles. The Bertz CT molecular complexity index is 437. The maximum atomic E-state index is 9.67. The molecule has 3 aliphatic rings. The second-order valence-corrected chi connectivity index (χ2v) is 6.82. The summed E-state index contributed by atoms with van der Waals surface area (Å²) in [4.78, 5) is 0. The van der Waals surface area contributed by atoms with E-state index in [-0.39, 0.29) is 12.6 Å². The van der Waals surface area contributed by atoms with E-state index in [0.717, 1.165) is 23.3 Å². The molecule has 4 rings (SSSR count). The molecular formula is C16H27N3O. The van der Waals surface area contributed by atoms with Crippen molar-refractivity contribution < 1.29 is 5.11 Å². The van der Waals surface area contributed by atoms with Crippen LogP contribution in [-0.2, 0) is 7.05 Å². The van der Waals surface area contributed by atoms with Gasteiger partial charge in [0.15, 0.2) is 0 Å². The Hall–Kier alpha value is -0.870. The molecule has 2 bridgehead atoms. The van der Waals surface area contributed by atoms with Crippen LogP contribution in [0.2, 0.25) is 0 Å². The summed E-state index contributed by atoms with van der Waals surface area (Å²) in [6.07, 6.45) is 10.9. The monoisotopic (exact) mass is 277 g/mol. The number of aryl methyl sites for hydroxylation is 1. The summed E-state index contributed by atoms with van der Waals surface area (Å²) in [5.41, 5.74) is 1.09. The maximum absolute atomic E-state index is 9.67. The standard InChI is InChI=1S/C16H27N3O/c1-11(15-7-12-3-5-13(15)6-4-12)18-16(10-20)14-8-17-19(2)9-14/h8-9,11-13,15-16,18,20H,3-7,10H2,1-2H3. The normalized spacial score (nSPS) is 32.2. The van der Waals surface area contributed by atoms with E-state index in [4.69, 9.17) is 0 Å². The van der Waals surface area contributed by atoms with Crippen molar-refractivity contribution in [3.8, 4) is 0 Å². The summed E-state index contributed by atoms with van der Waals surface area (Å²) in [6.45, 7) is 2.43. The summed E-state index contributed by atoms with van der Waals surface area (Å²) in [7, 11) is 1.92. The number of fused-ring (bicyclic) bond motifs is 3. The molecule has 1 aromatic heterocycles. The first kappa shape index (κ1) is 14.1. The van der Waals surface area contributed by atoms with Crippen molar-refractivity contribution in [2.24, 2.45) is 24.8 Å². The Labute approximate surface area is 121 Å². The third kappa shape index (κ3) is 2.77. The molecule has 0 spiro atoms. The van der Waals surface area contributed by atoms with Gasteiger partial charge in [0.2, 0.25) is 0 Å². The molecule has 2 N–H and O–H groups in total.